The van der Waals surface area contributed by atoms with Gasteiger partial charge in [0.2, 0.25) is 0 Å². The minimum Gasteiger partial charge on any atom is -0.378 e. The second kappa shape index (κ2) is 6.39. The highest BCUT2D eigenvalue weighted by Crippen LogP contribution is 2.26. The van der Waals surface area contributed by atoms with Crippen LogP contribution in [0.2, 0.25) is 0 Å². The summed E-state index contributed by atoms with van der Waals surface area (Å²) in [4.78, 5) is 0. The third kappa shape index (κ3) is 4.10. The lowest BCUT2D eigenvalue weighted by Gasteiger charge is -2.27. The van der Waals surface area contributed by atoms with Crippen LogP contribution in [0.15, 0.2) is 0 Å². The van der Waals surface area contributed by atoms with E-state index in [0.717, 1.165) is 31.9 Å². The van der Waals surface area contributed by atoms with E-state index in [1.165, 1.54) is 19.3 Å². The van der Waals surface area contributed by atoms with Gasteiger partial charge in [0.25, 0.3) is 0 Å². The quantitative estimate of drug-likeness (QED) is 0.656. The Morgan fingerprint density at radius 3 is 2.69 bits per heavy atom. The summed E-state index contributed by atoms with van der Waals surface area (Å²) in [5, 5.41) is 3.17. The van der Waals surface area contributed by atoms with Gasteiger partial charge in [-0.1, -0.05) is 13.3 Å². The molecule has 1 N–H and O–H groups in total. The lowest BCUT2D eigenvalue weighted by Crippen LogP contribution is -2.24. The number of hydrogen-bond donors (Lipinski definition) is 1. The van der Waals surface area contributed by atoms with Crippen molar-refractivity contribution in [3.63, 3.8) is 0 Å². The molecular formula is C11H23NO. The molecule has 13 heavy (non-hydrogen) atoms. The maximum Gasteiger partial charge on any atom is 0.0584 e. The summed E-state index contributed by atoms with van der Waals surface area (Å²) >= 11 is 0. The van der Waals surface area contributed by atoms with Gasteiger partial charge < -0.3 is 10.1 Å². The molecule has 78 valence electrons. The summed E-state index contributed by atoms with van der Waals surface area (Å²) in [6, 6.07) is 0. The third-order valence-corrected chi connectivity index (χ3v) is 2.96. The Labute approximate surface area is 82.0 Å². The molecule has 2 heteroatoms. The van der Waals surface area contributed by atoms with E-state index in [0.29, 0.717) is 6.10 Å². The smallest absolute Gasteiger partial charge is 0.0584 e. The second-order valence-corrected chi connectivity index (χ2v) is 4.05. The average Bonchev–Trinajstić information content (AvgIpc) is 2.08. The summed E-state index contributed by atoms with van der Waals surface area (Å²) in [6.07, 6.45) is 6.98. The van der Waals surface area contributed by atoms with E-state index >= 15 is 0 Å². The highest BCUT2D eigenvalue weighted by molar-refractivity contribution is 4.69. The van der Waals surface area contributed by atoms with Crippen LogP contribution >= 0.6 is 0 Å². The van der Waals surface area contributed by atoms with Crippen molar-refractivity contribution < 1.29 is 4.74 Å². The molecule has 0 heterocycles. The molecule has 0 aromatic rings. The van der Waals surface area contributed by atoms with Crippen LogP contribution in [0.5, 0.6) is 0 Å². The minimum atomic E-state index is 0.480. The molecule has 1 fully saturated rings. The lowest BCUT2D eigenvalue weighted by molar-refractivity contribution is 0.00514. The molecule has 0 aromatic heterocycles. The Morgan fingerprint density at radius 2 is 2.23 bits per heavy atom. The minimum absolute atomic E-state index is 0.480. The first kappa shape index (κ1) is 11.0. The van der Waals surface area contributed by atoms with E-state index in [4.69, 9.17) is 4.74 Å². The Kier molecular flexibility index (Phi) is 5.40. The Balaban J connectivity index is 2.00. The molecule has 1 rings (SSSR count). The third-order valence-electron chi connectivity index (χ3n) is 2.96. The largest absolute Gasteiger partial charge is 0.378 e. The van der Waals surface area contributed by atoms with Gasteiger partial charge in [-0.05, 0) is 45.2 Å². The van der Waals surface area contributed by atoms with Gasteiger partial charge in [-0.15, -0.1) is 0 Å². The van der Waals surface area contributed by atoms with Gasteiger partial charge >= 0.3 is 0 Å². The monoisotopic (exact) mass is 185 g/mol. The fourth-order valence-electron chi connectivity index (χ4n) is 1.64. The number of hydrogen-bond acceptors (Lipinski definition) is 2. The summed E-state index contributed by atoms with van der Waals surface area (Å²) in [5.74, 6) is 0.878. The number of ether oxygens (including phenoxy) is 1. The van der Waals surface area contributed by atoms with Crippen LogP contribution in [0.3, 0.4) is 0 Å². The first-order valence-corrected chi connectivity index (χ1v) is 5.63. The summed E-state index contributed by atoms with van der Waals surface area (Å²) in [7, 11) is 2.00. The second-order valence-electron chi connectivity index (χ2n) is 4.05. The Hall–Kier alpha value is -0.0800. The van der Waals surface area contributed by atoms with E-state index in [1.807, 2.05) is 7.05 Å². The molecule has 0 spiro atoms. The van der Waals surface area contributed by atoms with Crippen molar-refractivity contribution in [2.45, 2.75) is 45.1 Å². The zero-order valence-electron chi connectivity index (χ0n) is 9.01. The summed E-state index contributed by atoms with van der Waals surface area (Å²) in [6.45, 7) is 4.28. The lowest BCUT2D eigenvalue weighted by atomic mass is 9.86. The van der Waals surface area contributed by atoms with E-state index in [-0.39, 0.29) is 0 Å². The fraction of sp³-hybridized carbons (Fsp3) is 1.00. The van der Waals surface area contributed by atoms with E-state index < -0.39 is 0 Å². The van der Waals surface area contributed by atoms with Gasteiger partial charge in [0.15, 0.2) is 0 Å². The van der Waals surface area contributed by atoms with Crippen LogP contribution in [0.4, 0.5) is 0 Å². The molecule has 1 atom stereocenters. The van der Waals surface area contributed by atoms with Crippen LogP contribution in [-0.4, -0.2) is 26.3 Å². The van der Waals surface area contributed by atoms with Gasteiger partial charge in [0.1, 0.15) is 0 Å². The molecule has 1 aliphatic rings. The van der Waals surface area contributed by atoms with Gasteiger partial charge in [0.05, 0.1) is 6.10 Å². The Morgan fingerprint density at radius 1 is 1.46 bits per heavy atom. The van der Waals surface area contributed by atoms with Crippen molar-refractivity contribution in [2.24, 2.45) is 5.92 Å². The predicted molar refractivity (Wildman–Crippen MR) is 55.9 cm³/mol. The Bertz CT molecular complexity index is 123. The van der Waals surface area contributed by atoms with Crippen molar-refractivity contribution in [1.82, 2.24) is 5.32 Å². The van der Waals surface area contributed by atoms with E-state index in [2.05, 4.69) is 12.2 Å². The number of rotatable bonds is 7. The number of nitrogens with one attached hydrogen (secondary N) is 1. The van der Waals surface area contributed by atoms with Gasteiger partial charge in [-0.3, -0.25) is 0 Å². The molecule has 0 radical (unpaired) electrons. The van der Waals surface area contributed by atoms with Crippen molar-refractivity contribution in [3.05, 3.63) is 0 Å². The molecule has 0 aromatic carbocycles. The topological polar surface area (TPSA) is 21.3 Å². The first-order chi connectivity index (χ1) is 6.36. The molecule has 0 unspecified atom stereocenters. The molecular weight excluding hydrogens is 162 g/mol. The van der Waals surface area contributed by atoms with Crippen LogP contribution in [-0.2, 0) is 4.74 Å². The molecule has 1 saturated carbocycles. The molecule has 0 amide bonds. The zero-order chi connectivity index (χ0) is 9.52. The van der Waals surface area contributed by atoms with Crippen LogP contribution in [0.25, 0.3) is 0 Å². The maximum atomic E-state index is 5.86. The van der Waals surface area contributed by atoms with E-state index in [9.17, 15) is 0 Å². The van der Waals surface area contributed by atoms with Crippen LogP contribution in [0, 0.1) is 5.92 Å². The highest BCUT2D eigenvalue weighted by Gasteiger charge is 2.18. The fourth-order valence-corrected chi connectivity index (χ4v) is 1.64. The standard InChI is InChI=1S/C11H23NO/c1-3-11(7-8-12-2)13-9-10-5-4-6-10/h10-12H,3-9H2,1-2H3/t11-/m0/s1. The van der Waals surface area contributed by atoms with Crippen molar-refractivity contribution in [2.75, 3.05) is 20.2 Å². The molecule has 2 nitrogen and oxygen atoms in total. The van der Waals surface area contributed by atoms with E-state index in [1.54, 1.807) is 0 Å². The molecule has 1 aliphatic carbocycles. The van der Waals surface area contributed by atoms with Crippen molar-refractivity contribution in [1.29, 1.82) is 0 Å². The summed E-state index contributed by atoms with van der Waals surface area (Å²) in [5.41, 5.74) is 0. The molecule has 0 saturated heterocycles. The normalized spacial score (nSPS) is 19.8. The van der Waals surface area contributed by atoms with Crippen molar-refractivity contribution >= 4 is 0 Å². The van der Waals surface area contributed by atoms with Crippen molar-refractivity contribution in [3.8, 4) is 0 Å². The molecule has 0 aliphatic heterocycles. The highest BCUT2D eigenvalue weighted by atomic mass is 16.5. The van der Waals surface area contributed by atoms with Crippen LogP contribution in [0.1, 0.15) is 39.0 Å². The zero-order valence-corrected chi connectivity index (χ0v) is 9.01. The van der Waals surface area contributed by atoms with Gasteiger partial charge in [-0.25, -0.2) is 0 Å². The molecule has 0 bridgehead atoms. The average molecular weight is 185 g/mol. The van der Waals surface area contributed by atoms with Crippen LogP contribution < -0.4 is 5.32 Å². The van der Waals surface area contributed by atoms with Gasteiger partial charge in [0, 0.05) is 6.61 Å². The SMILES string of the molecule is CC[C@@H](CCNC)OCC1CCC1. The first-order valence-electron chi connectivity index (χ1n) is 5.63. The predicted octanol–water partition coefficient (Wildman–Crippen LogP) is 2.19. The van der Waals surface area contributed by atoms with Gasteiger partial charge in [-0.2, -0.15) is 0 Å². The maximum absolute atomic E-state index is 5.86. The summed E-state index contributed by atoms with van der Waals surface area (Å²) < 4.78 is 5.86.